The average molecular weight is 399 g/mol. The fraction of sp³-hybridized carbons (Fsp3) is 0.273. The molecule has 0 fully saturated rings. The molecular formula is C22H23ClN2OS. The van der Waals surface area contributed by atoms with E-state index in [1.54, 1.807) is 11.8 Å². The zero-order valence-corrected chi connectivity index (χ0v) is 17.6. The highest BCUT2D eigenvalue weighted by Crippen LogP contribution is 2.31. The molecular weight excluding hydrogens is 376 g/mol. The molecule has 1 heterocycles. The highest BCUT2D eigenvalue weighted by atomic mass is 35.5. The van der Waals surface area contributed by atoms with Crippen molar-refractivity contribution in [3.05, 3.63) is 76.4 Å². The fourth-order valence-electron chi connectivity index (χ4n) is 2.46. The average Bonchev–Trinajstić information content (AvgIpc) is 2.61. The topological polar surface area (TPSA) is 35.0 Å². The standard InChI is InChI=1S/C22H23ClN2OS/c1-15-8-5-6-11-18(15)26-20-13-19(22(2,3)4)24-21(25-20)27-14-16-9-7-10-17(23)12-16/h5-13H,14H2,1-4H3. The third kappa shape index (κ3) is 5.47. The lowest BCUT2D eigenvalue weighted by Gasteiger charge is -2.19. The van der Waals surface area contributed by atoms with Gasteiger partial charge in [-0.05, 0) is 36.2 Å². The van der Waals surface area contributed by atoms with Gasteiger partial charge in [0, 0.05) is 22.3 Å². The van der Waals surface area contributed by atoms with Gasteiger partial charge in [-0.15, -0.1) is 0 Å². The van der Waals surface area contributed by atoms with Gasteiger partial charge in [0.2, 0.25) is 5.88 Å². The quantitative estimate of drug-likeness (QED) is 0.349. The van der Waals surface area contributed by atoms with E-state index in [-0.39, 0.29) is 5.41 Å². The summed E-state index contributed by atoms with van der Waals surface area (Å²) in [6.45, 7) is 8.44. The molecule has 0 unspecified atom stereocenters. The van der Waals surface area contributed by atoms with Crippen molar-refractivity contribution in [2.24, 2.45) is 0 Å². The first-order chi connectivity index (χ1) is 12.8. The van der Waals surface area contributed by atoms with Crippen LogP contribution in [0.4, 0.5) is 0 Å². The van der Waals surface area contributed by atoms with Crippen molar-refractivity contribution in [3.63, 3.8) is 0 Å². The van der Waals surface area contributed by atoms with Crippen molar-refractivity contribution in [3.8, 4) is 11.6 Å². The molecule has 0 aliphatic rings. The van der Waals surface area contributed by atoms with E-state index in [1.165, 1.54) is 0 Å². The number of thioether (sulfide) groups is 1. The maximum Gasteiger partial charge on any atom is 0.223 e. The SMILES string of the molecule is Cc1ccccc1Oc1cc(C(C)(C)C)nc(SCc2cccc(Cl)c2)n1. The van der Waals surface area contributed by atoms with Crippen molar-refractivity contribution < 1.29 is 4.74 Å². The van der Waals surface area contributed by atoms with Crippen molar-refractivity contribution >= 4 is 23.4 Å². The van der Waals surface area contributed by atoms with E-state index >= 15 is 0 Å². The van der Waals surface area contributed by atoms with Crippen LogP contribution in [0.15, 0.2) is 59.8 Å². The zero-order chi connectivity index (χ0) is 19.4. The number of aromatic nitrogens is 2. The molecule has 27 heavy (non-hydrogen) atoms. The van der Waals surface area contributed by atoms with Crippen molar-refractivity contribution in [2.75, 3.05) is 0 Å². The molecule has 140 valence electrons. The lowest BCUT2D eigenvalue weighted by molar-refractivity contribution is 0.444. The Morgan fingerprint density at radius 2 is 1.78 bits per heavy atom. The molecule has 0 amide bonds. The van der Waals surface area contributed by atoms with Crippen LogP contribution in [-0.2, 0) is 11.2 Å². The highest BCUT2D eigenvalue weighted by molar-refractivity contribution is 7.98. The maximum atomic E-state index is 6.08. The fourth-order valence-corrected chi connectivity index (χ4v) is 3.47. The van der Waals surface area contributed by atoms with Gasteiger partial charge in [-0.3, -0.25) is 0 Å². The maximum absolute atomic E-state index is 6.08. The van der Waals surface area contributed by atoms with Crippen LogP contribution in [0.25, 0.3) is 0 Å². The molecule has 0 radical (unpaired) electrons. The van der Waals surface area contributed by atoms with Crippen LogP contribution in [0.5, 0.6) is 11.6 Å². The van der Waals surface area contributed by atoms with E-state index in [9.17, 15) is 0 Å². The van der Waals surface area contributed by atoms with Crippen molar-refractivity contribution in [2.45, 2.75) is 44.0 Å². The Hall–Kier alpha value is -2.04. The molecule has 0 aliphatic carbocycles. The van der Waals surface area contributed by atoms with Crippen LogP contribution in [0.3, 0.4) is 0 Å². The van der Waals surface area contributed by atoms with E-state index in [2.05, 4.69) is 31.8 Å². The molecule has 0 atom stereocenters. The number of para-hydroxylation sites is 1. The summed E-state index contributed by atoms with van der Waals surface area (Å²) in [4.78, 5) is 9.36. The van der Waals surface area contributed by atoms with Crippen LogP contribution in [-0.4, -0.2) is 9.97 Å². The second-order valence-corrected chi connectivity index (χ2v) is 8.79. The van der Waals surface area contributed by atoms with Gasteiger partial charge in [0.25, 0.3) is 0 Å². The number of halogens is 1. The molecule has 5 heteroatoms. The first-order valence-electron chi connectivity index (χ1n) is 8.81. The smallest absolute Gasteiger partial charge is 0.223 e. The lowest BCUT2D eigenvalue weighted by atomic mass is 9.92. The van der Waals surface area contributed by atoms with E-state index in [0.29, 0.717) is 11.0 Å². The zero-order valence-electron chi connectivity index (χ0n) is 16.0. The first kappa shape index (κ1) is 19.7. The molecule has 0 N–H and O–H groups in total. The van der Waals surface area contributed by atoms with Crippen LogP contribution in [0, 0.1) is 6.92 Å². The minimum absolute atomic E-state index is 0.0991. The van der Waals surface area contributed by atoms with E-state index < -0.39 is 0 Å². The van der Waals surface area contributed by atoms with E-state index in [1.807, 2.05) is 55.5 Å². The largest absolute Gasteiger partial charge is 0.439 e. The summed E-state index contributed by atoms with van der Waals surface area (Å²) in [5.74, 6) is 2.12. The Morgan fingerprint density at radius 1 is 1.00 bits per heavy atom. The summed E-state index contributed by atoms with van der Waals surface area (Å²) in [5.41, 5.74) is 3.06. The van der Waals surface area contributed by atoms with Gasteiger partial charge in [0.15, 0.2) is 5.16 Å². The van der Waals surface area contributed by atoms with Gasteiger partial charge < -0.3 is 4.74 Å². The van der Waals surface area contributed by atoms with Crippen molar-refractivity contribution in [1.29, 1.82) is 0 Å². The second kappa shape index (κ2) is 8.32. The summed E-state index contributed by atoms with van der Waals surface area (Å²) in [6.07, 6.45) is 0. The molecule has 3 aromatic rings. The predicted octanol–water partition coefficient (Wildman–Crippen LogP) is 6.82. The molecule has 0 aliphatic heterocycles. The predicted molar refractivity (Wildman–Crippen MR) is 113 cm³/mol. The monoisotopic (exact) mass is 398 g/mol. The second-order valence-electron chi connectivity index (χ2n) is 7.41. The number of benzene rings is 2. The Kier molecular flexibility index (Phi) is 6.08. The third-order valence-corrected chi connectivity index (χ3v) is 5.17. The third-order valence-electron chi connectivity index (χ3n) is 4.02. The van der Waals surface area contributed by atoms with Gasteiger partial charge in [-0.2, -0.15) is 4.98 Å². The molecule has 0 saturated heterocycles. The number of hydrogen-bond donors (Lipinski definition) is 0. The van der Waals surface area contributed by atoms with Crippen LogP contribution >= 0.6 is 23.4 Å². The number of hydrogen-bond acceptors (Lipinski definition) is 4. The van der Waals surface area contributed by atoms with Crippen LogP contribution in [0.2, 0.25) is 5.02 Å². The summed E-state index contributed by atoms with van der Waals surface area (Å²) >= 11 is 7.66. The molecule has 0 spiro atoms. The van der Waals surface area contributed by atoms with Gasteiger partial charge >= 0.3 is 0 Å². The van der Waals surface area contributed by atoms with Crippen LogP contribution in [0.1, 0.15) is 37.6 Å². The number of ether oxygens (including phenoxy) is 1. The summed E-state index contributed by atoms with van der Waals surface area (Å²) in [6, 6.07) is 17.7. The summed E-state index contributed by atoms with van der Waals surface area (Å²) in [7, 11) is 0. The molecule has 1 aromatic heterocycles. The number of aryl methyl sites for hydroxylation is 1. The minimum Gasteiger partial charge on any atom is -0.439 e. The minimum atomic E-state index is -0.0991. The first-order valence-corrected chi connectivity index (χ1v) is 10.2. The van der Waals surface area contributed by atoms with Gasteiger partial charge in [0.05, 0.1) is 5.69 Å². The molecule has 0 bridgehead atoms. The summed E-state index contributed by atoms with van der Waals surface area (Å²) in [5, 5.41) is 1.44. The molecule has 2 aromatic carbocycles. The number of rotatable bonds is 5. The van der Waals surface area contributed by atoms with Gasteiger partial charge in [-0.1, -0.05) is 74.5 Å². The Balaban J connectivity index is 1.87. The molecule has 3 rings (SSSR count). The molecule has 0 saturated carbocycles. The van der Waals surface area contributed by atoms with Crippen LogP contribution < -0.4 is 4.74 Å². The highest BCUT2D eigenvalue weighted by Gasteiger charge is 2.19. The molecule has 3 nitrogen and oxygen atoms in total. The van der Waals surface area contributed by atoms with Crippen molar-refractivity contribution in [1.82, 2.24) is 9.97 Å². The number of nitrogens with zero attached hydrogens (tertiary/aromatic N) is 2. The lowest BCUT2D eigenvalue weighted by Crippen LogP contribution is -2.14. The van der Waals surface area contributed by atoms with E-state index in [4.69, 9.17) is 21.3 Å². The van der Waals surface area contributed by atoms with Gasteiger partial charge in [-0.25, -0.2) is 4.98 Å². The van der Waals surface area contributed by atoms with E-state index in [0.717, 1.165) is 33.3 Å². The Morgan fingerprint density at radius 3 is 2.48 bits per heavy atom. The normalized spacial score (nSPS) is 11.4. The Labute approximate surface area is 170 Å². The van der Waals surface area contributed by atoms with Gasteiger partial charge in [0.1, 0.15) is 5.75 Å². The Bertz CT molecular complexity index is 938. The summed E-state index contributed by atoms with van der Waals surface area (Å²) < 4.78 is 6.07.